The number of hydrogen-bond donors (Lipinski definition) is 1. The molecule has 0 unspecified atom stereocenters. The van der Waals surface area contributed by atoms with Crippen molar-refractivity contribution in [3.05, 3.63) is 35.3 Å². The maximum absolute atomic E-state index is 12.4. The van der Waals surface area contributed by atoms with Gasteiger partial charge in [0.1, 0.15) is 5.39 Å². The second-order valence-electron chi connectivity index (χ2n) is 7.58. The molecular formula is C17H23N7O. The van der Waals surface area contributed by atoms with Crippen LogP contribution in [0.3, 0.4) is 0 Å². The van der Waals surface area contributed by atoms with Crippen molar-refractivity contribution in [2.75, 3.05) is 18.0 Å². The number of nitrogens with zero attached hydrogens (tertiary/aromatic N) is 6. The zero-order valence-electron chi connectivity index (χ0n) is 14.8. The Kier molecular flexibility index (Phi) is 3.63. The summed E-state index contributed by atoms with van der Waals surface area (Å²) in [6, 6.07) is 0.453. The van der Waals surface area contributed by atoms with Crippen molar-refractivity contribution in [3.63, 3.8) is 0 Å². The van der Waals surface area contributed by atoms with Crippen molar-refractivity contribution in [1.29, 1.82) is 0 Å². The molecule has 1 saturated heterocycles. The molecule has 1 N–H and O–H groups in total. The largest absolute Gasteiger partial charge is 0.342 e. The highest BCUT2D eigenvalue weighted by molar-refractivity contribution is 5.74. The van der Waals surface area contributed by atoms with E-state index in [-0.39, 0.29) is 11.1 Å². The Bertz CT molecular complexity index is 924. The summed E-state index contributed by atoms with van der Waals surface area (Å²) in [5.74, 6) is 0.632. The lowest BCUT2D eigenvalue weighted by Crippen LogP contribution is -2.36. The summed E-state index contributed by atoms with van der Waals surface area (Å²) >= 11 is 0. The van der Waals surface area contributed by atoms with Crippen LogP contribution >= 0.6 is 0 Å². The number of hydrogen-bond acceptors (Lipinski definition) is 5. The van der Waals surface area contributed by atoms with E-state index >= 15 is 0 Å². The lowest BCUT2D eigenvalue weighted by molar-refractivity contribution is 0.365. The molecule has 1 fully saturated rings. The van der Waals surface area contributed by atoms with Crippen LogP contribution in [0.5, 0.6) is 0 Å². The number of aromatic nitrogens is 6. The van der Waals surface area contributed by atoms with E-state index in [1.54, 1.807) is 6.20 Å². The Morgan fingerprint density at radius 3 is 2.64 bits per heavy atom. The fourth-order valence-electron chi connectivity index (χ4n) is 3.41. The van der Waals surface area contributed by atoms with E-state index in [1.807, 2.05) is 23.4 Å². The van der Waals surface area contributed by atoms with Crippen LogP contribution in [-0.2, 0) is 5.54 Å². The number of fused-ring (bicyclic) bond motifs is 1. The van der Waals surface area contributed by atoms with Crippen LogP contribution in [0.1, 0.15) is 39.7 Å². The van der Waals surface area contributed by atoms with Gasteiger partial charge in [-0.1, -0.05) is 0 Å². The molecule has 8 nitrogen and oxygen atoms in total. The summed E-state index contributed by atoms with van der Waals surface area (Å²) in [5, 5.41) is 4.90. The summed E-state index contributed by atoms with van der Waals surface area (Å²) < 4.78 is 3.98. The molecule has 1 aliphatic heterocycles. The Labute approximate surface area is 145 Å². The molecule has 1 aliphatic rings. The molecule has 0 spiro atoms. The van der Waals surface area contributed by atoms with Crippen LogP contribution < -0.4 is 10.5 Å². The highest BCUT2D eigenvalue weighted by Crippen LogP contribution is 2.25. The smallest absolute Gasteiger partial charge is 0.263 e. The molecule has 4 rings (SSSR count). The Hall–Kier alpha value is -2.64. The first-order chi connectivity index (χ1) is 11.9. The first-order valence-corrected chi connectivity index (χ1v) is 8.64. The van der Waals surface area contributed by atoms with Crippen molar-refractivity contribution >= 4 is 17.0 Å². The number of nitrogens with one attached hydrogen (secondary N) is 1. The molecule has 132 valence electrons. The summed E-state index contributed by atoms with van der Waals surface area (Å²) in [5.41, 5.74) is 0.282. The van der Waals surface area contributed by atoms with Gasteiger partial charge in [0.25, 0.3) is 5.56 Å². The second-order valence-corrected chi connectivity index (χ2v) is 7.58. The van der Waals surface area contributed by atoms with Gasteiger partial charge in [0.2, 0.25) is 5.95 Å². The van der Waals surface area contributed by atoms with Crippen LogP contribution in [0.2, 0.25) is 0 Å². The fourth-order valence-corrected chi connectivity index (χ4v) is 3.41. The molecule has 0 amide bonds. The Morgan fingerprint density at radius 1 is 1.24 bits per heavy atom. The molecule has 0 aromatic carbocycles. The molecule has 0 saturated carbocycles. The van der Waals surface area contributed by atoms with E-state index in [1.165, 1.54) is 0 Å². The second kappa shape index (κ2) is 5.72. The lowest BCUT2D eigenvalue weighted by atomic mass is 10.1. The maximum Gasteiger partial charge on any atom is 0.263 e. The molecule has 8 heteroatoms. The van der Waals surface area contributed by atoms with Crippen molar-refractivity contribution < 1.29 is 0 Å². The molecule has 25 heavy (non-hydrogen) atoms. The van der Waals surface area contributed by atoms with Gasteiger partial charge >= 0.3 is 0 Å². The zero-order valence-corrected chi connectivity index (χ0v) is 14.8. The maximum atomic E-state index is 12.4. The minimum atomic E-state index is -0.228. The normalized spacial score (nSPS) is 16.7. The van der Waals surface area contributed by atoms with Gasteiger partial charge in [-0.25, -0.2) is 9.67 Å². The summed E-state index contributed by atoms with van der Waals surface area (Å²) in [7, 11) is 0. The highest BCUT2D eigenvalue weighted by atomic mass is 16.1. The van der Waals surface area contributed by atoms with Gasteiger partial charge in [0, 0.05) is 31.5 Å². The molecular weight excluding hydrogens is 318 g/mol. The summed E-state index contributed by atoms with van der Waals surface area (Å²) in [4.78, 5) is 26.4. The van der Waals surface area contributed by atoms with Crippen LogP contribution in [0, 0.1) is 0 Å². The van der Waals surface area contributed by atoms with Gasteiger partial charge < -0.3 is 9.47 Å². The van der Waals surface area contributed by atoms with E-state index in [9.17, 15) is 4.79 Å². The first-order valence-electron chi connectivity index (χ1n) is 8.64. The lowest BCUT2D eigenvalue weighted by Gasteiger charge is -2.32. The first kappa shape index (κ1) is 15.9. The molecule has 0 aliphatic carbocycles. The number of anilines is 1. The number of H-pyrrole nitrogens is 1. The molecule has 3 aromatic rings. The number of rotatable bonds is 2. The SMILES string of the molecule is CC(C)(C)n1ncc2c(=O)[nH]c(N3CCC(n4ccnc4)CC3)nc21. The average molecular weight is 341 g/mol. The third-order valence-electron chi connectivity index (χ3n) is 4.77. The number of aromatic amines is 1. The van der Waals surface area contributed by atoms with Crippen molar-refractivity contribution in [1.82, 2.24) is 29.3 Å². The summed E-state index contributed by atoms with van der Waals surface area (Å²) in [6.45, 7) is 7.86. The highest BCUT2D eigenvalue weighted by Gasteiger charge is 2.24. The molecule has 3 aromatic heterocycles. The van der Waals surface area contributed by atoms with E-state index in [4.69, 9.17) is 4.98 Å². The topological polar surface area (TPSA) is 84.6 Å². The minimum absolute atomic E-state index is 0.132. The summed E-state index contributed by atoms with van der Waals surface area (Å²) in [6.07, 6.45) is 9.28. The standard InChI is InChI=1S/C17H23N7O/c1-17(2,3)24-14-13(10-19-24)15(25)21-16(20-14)22-7-4-12(5-8-22)23-9-6-18-11-23/h6,9-12H,4-5,7-8H2,1-3H3,(H,20,21,25). The van der Waals surface area contributed by atoms with Gasteiger partial charge in [-0.3, -0.25) is 9.78 Å². The number of imidazole rings is 1. The van der Waals surface area contributed by atoms with E-state index < -0.39 is 0 Å². The Morgan fingerprint density at radius 2 is 2.00 bits per heavy atom. The van der Waals surface area contributed by atoms with Crippen LogP contribution in [0.25, 0.3) is 11.0 Å². The van der Waals surface area contributed by atoms with E-state index in [0.29, 0.717) is 23.0 Å². The molecule has 0 bridgehead atoms. The van der Waals surface area contributed by atoms with Gasteiger partial charge in [-0.2, -0.15) is 10.1 Å². The predicted octanol–water partition coefficient (Wildman–Crippen LogP) is 1.91. The van der Waals surface area contributed by atoms with Crippen LogP contribution in [0.4, 0.5) is 5.95 Å². The average Bonchev–Trinajstić information content (AvgIpc) is 3.24. The third kappa shape index (κ3) is 2.81. The quantitative estimate of drug-likeness (QED) is 0.770. The van der Waals surface area contributed by atoms with Crippen molar-refractivity contribution in [3.8, 4) is 0 Å². The van der Waals surface area contributed by atoms with Crippen molar-refractivity contribution in [2.24, 2.45) is 0 Å². The van der Waals surface area contributed by atoms with Crippen molar-refractivity contribution in [2.45, 2.75) is 45.2 Å². The molecule has 0 atom stereocenters. The monoisotopic (exact) mass is 341 g/mol. The fraction of sp³-hybridized carbons (Fsp3) is 0.529. The van der Waals surface area contributed by atoms with Gasteiger partial charge in [-0.15, -0.1) is 0 Å². The van der Waals surface area contributed by atoms with Crippen LogP contribution in [-0.4, -0.2) is 42.4 Å². The Balaban J connectivity index is 1.63. The van der Waals surface area contributed by atoms with E-state index in [2.05, 4.69) is 45.3 Å². The predicted molar refractivity (Wildman–Crippen MR) is 95.9 cm³/mol. The molecule has 4 heterocycles. The van der Waals surface area contributed by atoms with Gasteiger partial charge in [0.05, 0.1) is 18.1 Å². The molecule has 0 radical (unpaired) electrons. The minimum Gasteiger partial charge on any atom is -0.342 e. The van der Waals surface area contributed by atoms with Crippen LogP contribution in [0.15, 0.2) is 29.7 Å². The third-order valence-corrected chi connectivity index (χ3v) is 4.77. The van der Waals surface area contributed by atoms with E-state index in [0.717, 1.165) is 25.9 Å². The zero-order chi connectivity index (χ0) is 17.6. The number of piperidine rings is 1. The van der Waals surface area contributed by atoms with Gasteiger partial charge in [-0.05, 0) is 33.6 Å². The van der Waals surface area contributed by atoms with Gasteiger partial charge in [0.15, 0.2) is 5.65 Å².